The summed E-state index contributed by atoms with van der Waals surface area (Å²) in [5.74, 6) is -0.819. The van der Waals surface area contributed by atoms with Gasteiger partial charge in [0, 0.05) is 13.6 Å². The first-order valence-electron chi connectivity index (χ1n) is 9.10. The van der Waals surface area contributed by atoms with Crippen molar-refractivity contribution in [2.75, 3.05) is 7.05 Å². The van der Waals surface area contributed by atoms with Gasteiger partial charge in [-0.2, -0.15) is 0 Å². The first-order valence-corrected chi connectivity index (χ1v) is 9.10. The molecular formula is C22H23N3O3. The zero-order chi connectivity index (χ0) is 20.3. The molecule has 0 saturated carbocycles. The van der Waals surface area contributed by atoms with E-state index in [1.165, 1.54) is 0 Å². The van der Waals surface area contributed by atoms with E-state index in [0.717, 1.165) is 17.0 Å². The van der Waals surface area contributed by atoms with Crippen molar-refractivity contribution in [3.63, 3.8) is 0 Å². The van der Waals surface area contributed by atoms with Gasteiger partial charge in [0.15, 0.2) is 6.10 Å². The molecule has 0 saturated heterocycles. The van der Waals surface area contributed by atoms with Crippen molar-refractivity contribution in [2.45, 2.75) is 33.4 Å². The third-order valence-corrected chi connectivity index (χ3v) is 4.58. The maximum Gasteiger partial charge on any atom is 0.338 e. The zero-order valence-electron chi connectivity index (χ0n) is 16.5. The molecule has 0 fully saturated rings. The van der Waals surface area contributed by atoms with Crippen LogP contribution in [0, 0.1) is 13.8 Å². The number of benzene rings is 2. The molecule has 1 amide bonds. The lowest BCUT2D eigenvalue weighted by Gasteiger charge is -2.21. The van der Waals surface area contributed by atoms with Gasteiger partial charge in [-0.3, -0.25) is 4.79 Å². The average Bonchev–Trinajstić information content (AvgIpc) is 2.68. The monoisotopic (exact) mass is 377 g/mol. The van der Waals surface area contributed by atoms with Crippen molar-refractivity contribution in [3.05, 3.63) is 71.0 Å². The molecule has 3 aromatic rings. The molecule has 0 unspecified atom stereocenters. The Hall–Kier alpha value is -3.28. The topological polar surface area (TPSA) is 72.4 Å². The Balaban J connectivity index is 1.68. The third-order valence-electron chi connectivity index (χ3n) is 4.58. The molecule has 1 aromatic heterocycles. The summed E-state index contributed by atoms with van der Waals surface area (Å²) >= 11 is 0. The second-order valence-electron chi connectivity index (χ2n) is 6.83. The number of nitrogens with zero attached hydrogens (tertiary/aromatic N) is 3. The van der Waals surface area contributed by atoms with Crippen LogP contribution in [0.15, 0.2) is 48.5 Å². The first kappa shape index (κ1) is 19.5. The van der Waals surface area contributed by atoms with Gasteiger partial charge in [0.05, 0.1) is 28.0 Å². The number of aryl methyl sites for hydroxylation is 2. The number of hydrogen-bond acceptors (Lipinski definition) is 5. The van der Waals surface area contributed by atoms with Crippen LogP contribution in [-0.4, -0.2) is 39.9 Å². The molecular weight excluding hydrogens is 354 g/mol. The van der Waals surface area contributed by atoms with Crippen LogP contribution in [0.2, 0.25) is 0 Å². The molecule has 28 heavy (non-hydrogen) atoms. The fraction of sp³-hybridized carbons (Fsp3) is 0.273. The van der Waals surface area contributed by atoms with E-state index in [9.17, 15) is 9.59 Å². The molecule has 2 aromatic carbocycles. The Morgan fingerprint density at radius 2 is 1.64 bits per heavy atom. The third kappa shape index (κ3) is 4.34. The predicted octanol–water partition coefficient (Wildman–Crippen LogP) is 3.45. The lowest BCUT2D eigenvalue weighted by atomic mass is 10.2. The van der Waals surface area contributed by atoms with Gasteiger partial charge in [-0.15, -0.1) is 0 Å². The lowest BCUT2D eigenvalue weighted by Crippen LogP contribution is -2.37. The van der Waals surface area contributed by atoms with E-state index < -0.39 is 12.1 Å². The molecule has 0 aliphatic carbocycles. The first-order chi connectivity index (χ1) is 13.3. The molecule has 1 atom stereocenters. The fourth-order valence-corrected chi connectivity index (χ4v) is 2.88. The predicted molar refractivity (Wildman–Crippen MR) is 107 cm³/mol. The van der Waals surface area contributed by atoms with Crippen LogP contribution >= 0.6 is 0 Å². The second-order valence-corrected chi connectivity index (χ2v) is 6.83. The number of rotatable bonds is 5. The standard InChI is InChI=1S/C22H23N3O3/c1-14-15(2)24-20-12-18(10-11-19(20)23-14)22(27)28-16(3)21(26)25(4)13-17-8-6-5-7-9-17/h5-12,16H,13H2,1-4H3/t16-/m1/s1. The minimum atomic E-state index is -0.886. The molecule has 0 N–H and O–H groups in total. The highest BCUT2D eigenvalue weighted by molar-refractivity contribution is 5.95. The van der Waals surface area contributed by atoms with Crippen molar-refractivity contribution < 1.29 is 14.3 Å². The molecule has 0 aliphatic rings. The number of aromatic nitrogens is 2. The van der Waals surface area contributed by atoms with Crippen molar-refractivity contribution in [2.24, 2.45) is 0 Å². The summed E-state index contributed by atoms with van der Waals surface area (Å²) in [6, 6.07) is 14.7. The van der Waals surface area contributed by atoms with Crippen LogP contribution in [0.1, 0.15) is 34.2 Å². The number of fused-ring (bicyclic) bond motifs is 1. The largest absolute Gasteiger partial charge is 0.449 e. The normalized spacial score (nSPS) is 11.9. The van der Waals surface area contributed by atoms with E-state index in [-0.39, 0.29) is 5.91 Å². The quantitative estimate of drug-likeness (QED) is 0.637. The summed E-state index contributed by atoms with van der Waals surface area (Å²) in [5.41, 5.74) is 4.35. The number of amides is 1. The Labute approximate surface area is 164 Å². The molecule has 0 aliphatic heterocycles. The van der Waals surface area contributed by atoms with Crippen molar-refractivity contribution in [1.29, 1.82) is 0 Å². The van der Waals surface area contributed by atoms with Crippen molar-refractivity contribution in [3.8, 4) is 0 Å². The van der Waals surface area contributed by atoms with Gasteiger partial charge in [0.2, 0.25) is 0 Å². The molecule has 6 nitrogen and oxygen atoms in total. The summed E-state index contributed by atoms with van der Waals surface area (Å²) in [5, 5.41) is 0. The van der Waals surface area contributed by atoms with Crippen LogP contribution in [0.4, 0.5) is 0 Å². The molecule has 0 radical (unpaired) electrons. The fourth-order valence-electron chi connectivity index (χ4n) is 2.88. The van der Waals surface area contributed by atoms with Gasteiger partial charge in [0.25, 0.3) is 5.91 Å². The van der Waals surface area contributed by atoms with Crippen molar-refractivity contribution >= 4 is 22.9 Å². The van der Waals surface area contributed by atoms with Crippen LogP contribution in [0.25, 0.3) is 11.0 Å². The minimum Gasteiger partial charge on any atom is -0.449 e. The molecule has 3 rings (SSSR count). The van der Waals surface area contributed by atoms with E-state index in [4.69, 9.17) is 4.74 Å². The SMILES string of the molecule is Cc1nc2ccc(C(=O)O[C@H](C)C(=O)N(C)Cc3ccccc3)cc2nc1C. The summed E-state index contributed by atoms with van der Waals surface area (Å²) < 4.78 is 5.38. The van der Waals surface area contributed by atoms with E-state index in [0.29, 0.717) is 23.1 Å². The summed E-state index contributed by atoms with van der Waals surface area (Å²) in [6.07, 6.45) is -0.886. The number of carbonyl (C=O) groups is 2. The summed E-state index contributed by atoms with van der Waals surface area (Å²) in [6.45, 7) is 5.79. The second kappa shape index (κ2) is 8.17. The van der Waals surface area contributed by atoms with Crippen LogP contribution in [-0.2, 0) is 16.1 Å². The van der Waals surface area contributed by atoms with Crippen LogP contribution < -0.4 is 0 Å². The zero-order valence-corrected chi connectivity index (χ0v) is 16.5. The summed E-state index contributed by atoms with van der Waals surface area (Å²) in [7, 11) is 1.69. The molecule has 0 bridgehead atoms. The Morgan fingerprint density at radius 1 is 1.00 bits per heavy atom. The van der Waals surface area contributed by atoms with E-state index >= 15 is 0 Å². The Morgan fingerprint density at radius 3 is 2.32 bits per heavy atom. The lowest BCUT2D eigenvalue weighted by molar-refractivity contribution is -0.139. The van der Waals surface area contributed by atoms with E-state index in [1.54, 1.807) is 37.1 Å². The van der Waals surface area contributed by atoms with Gasteiger partial charge in [0.1, 0.15) is 0 Å². The highest BCUT2D eigenvalue weighted by Gasteiger charge is 2.22. The Kier molecular flexibility index (Phi) is 5.68. The number of carbonyl (C=O) groups excluding carboxylic acids is 2. The molecule has 144 valence electrons. The molecule has 6 heteroatoms. The summed E-state index contributed by atoms with van der Waals surface area (Å²) in [4.78, 5) is 35.5. The smallest absolute Gasteiger partial charge is 0.338 e. The highest BCUT2D eigenvalue weighted by atomic mass is 16.5. The van der Waals surface area contributed by atoms with E-state index in [1.807, 2.05) is 44.2 Å². The number of ether oxygens (including phenoxy) is 1. The van der Waals surface area contributed by atoms with Gasteiger partial charge < -0.3 is 9.64 Å². The highest BCUT2D eigenvalue weighted by Crippen LogP contribution is 2.16. The molecule has 1 heterocycles. The average molecular weight is 377 g/mol. The minimum absolute atomic E-state index is 0.260. The van der Waals surface area contributed by atoms with E-state index in [2.05, 4.69) is 9.97 Å². The van der Waals surface area contributed by atoms with Gasteiger partial charge in [-0.05, 0) is 44.5 Å². The Bertz CT molecular complexity index is 1020. The van der Waals surface area contributed by atoms with Gasteiger partial charge >= 0.3 is 5.97 Å². The maximum atomic E-state index is 12.5. The van der Waals surface area contributed by atoms with Crippen LogP contribution in [0.3, 0.4) is 0 Å². The van der Waals surface area contributed by atoms with Gasteiger partial charge in [-0.25, -0.2) is 14.8 Å². The number of likely N-dealkylation sites (N-methyl/N-ethyl adjacent to an activating group) is 1. The van der Waals surface area contributed by atoms with Crippen LogP contribution in [0.5, 0.6) is 0 Å². The molecule has 0 spiro atoms. The number of hydrogen-bond donors (Lipinski definition) is 0. The maximum absolute atomic E-state index is 12.5. The number of esters is 1. The van der Waals surface area contributed by atoms with Crippen molar-refractivity contribution in [1.82, 2.24) is 14.9 Å². The van der Waals surface area contributed by atoms with Gasteiger partial charge in [-0.1, -0.05) is 30.3 Å².